The van der Waals surface area contributed by atoms with Crippen molar-refractivity contribution in [3.05, 3.63) is 23.8 Å². The summed E-state index contributed by atoms with van der Waals surface area (Å²) in [5, 5.41) is 11.6. The van der Waals surface area contributed by atoms with Crippen LogP contribution in [0.4, 0.5) is 0 Å². The molecule has 2 N–H and O–H groups in total. The van der Waals surface area contributed by atoms with Crippen molar-refractivity contribution in [3.8, 4) is 0 Å². The first-order valence-corrected chi connectivity index (χ1v) is 7.10. The number of benzene rings is 1. The van der Waals surface area contributed by atoms with Gasteiger partial charge >= 0.3 is 0 Å². The number of alkyl halides is 1. The molecule has 0 amide bonds. The molecule has 0 saturated carbocycles. The summed E-state index contributed by atoms with van der Waals surface area (Å²) in [6, 6.07) is 4.26. The fraction of sp³-hybridized carbons (Fsp3) is 0.143. The zero-order valence-electron chi connectivity index (χ0n) is 7.66. The molecule has 16 heavy (non-hydrogen) atoms. The summed E-state index contributed by atoms with van der Waals surface area (Å²) < 4.78 is 35.2. The van der Waals surface area contributed by atoms with E-state index in [1.165, 1.54) is 12.1 Å². The molecule has 0 aromatic heterocycles. The molecule has 90 valence electrons. The van der Waals surface area contributed by atoms with Gasteiger partial charge in [-0.2, -0.15) is 8.42 Å². The van der Waals surface area contributed by atoms with Gasteiger partial charge in [-0.15, -0.1) is 4.33 Å². The average Bonchev–Trinajstić information content (AvgIpc) is 2.24. The summed E-state index contributed by atoms with van der Waals surface area (Å²) in [4.78, 5) is 0.127. The van der Waals surface area contributed by atoms with Crippen LogP contribution in [0.1, 0.15) is 5.56 Å². The third-order valence-electron chi connectivity index (χ3n) is 1.62. The molecule has 1 rings (SSSR count). The van der Waals surface area contributed by atoms with Gasteiger partial charge in [0.15, 0.2) is 0 Å². The lowest BCUT2D eigenvalue weighted by atomic mass is 10.2. The fourth-order valence-corrected chi connectivity index (χ4v) is 2.89. The van der Waals surface area contributed by atoms with E-state index >= 15 is 0 Å². The van der Waals surface area contributed by atoms with Crippen LogP contribution in [-0.2, 0) is 24.8 Å². The van der Waals surface area contributed by atoms with Crippen molar-refractivity contribution in [2.24, 2.45) is 0 Å². The standard InChI is InChI=1S/C7H7BrO6S2/c8-4-5-1-2-6(15-14-13-9)3-7(5)16(10,11)12/h1-3,9H,4H2,(H,10,11,12). The molecule has 0 unspecified atom stereocenters. The maximum Gasteiger partial charge on any atom is 0.294 e. The Balaban J connectivity index is 3.12. The minimum absolute atomic E-state index is 0.226. The Morgan fingerprint density at radius 3 is 2.62 bits per heavy atom. The number of hydrogen-bond acceptors (Lipinski definition) is 6. The summed E-state index contributed by atoms with van der Waals surface area (Å²) in [6.45, 7) is 0. The lowest BCUT2D eigenvalue weighted by Gasteiger charge is -2.05. The average molecular weight is 331 g/mol. The quantitative estimate of drug-likeness (QED) is 0.281. The Kier molecular flexibility index (Phi) is 5.18. The van der Waals surface area contributed by atoms with E-state index in [1.807, 2.05) is 0 Å². The van der Waals surface area contributed by atoms with Gasteiger partial charge in [-0.05, 0) is 17.7 Å². The highest BCUT2D eigenvalue weighted by Crippen LogP contribution is 2.26. The maximum absolute atomic E-state index is 11.0. The topological polar surface area (TPSA) is 93.1 Å². The van der Waals surface area contributed by atoms with Gasteiger partial charge in [0, 0.05) is 10.2 Å². The van der Waals surface area contributed by atoms with Crippen molar-refractivity contribution in [2.75, 3.05) is 0 Å². The van der Waals surface area contributed by atoms with Crippen molar-refractivity contribution in [3.63, 3.8) is 0 Å². The summed E-state index contributed by atoms with van der Waals surface area (Å²) >= 11 is 3.71. The molecule has 0 aliphatic carbocycles. The van der Waals surface area contributed by atoms with Crippen molar-refractivity contribution in [1.29, 1.82) is 0 Å². The van der Waals surface area contributed by atoms with Gasteiger partial charge < -0.3 is 0 Å². The first-order chi connectivity index (χ1) is 7.49. The molecular formula is C7H7BrO6S2. The first kappa shape index (κ1) is 13.9. The molecule has 0 aliphatic rings. The Morgan fingerprint density at radius 2 is 2.12 bits per heavy atom. The van der Waals surface area contributed by atoms with Crippen LogP contribution in [0.3, 0.4) is 0 Å². The molecule has 1 aromatic carbocycles. The summed E-state index contributed by atoms with van der Waals surface area (Å²) in [6.07, 6.45) is 0. The van der Waals surface area contributed by atoms with Gasteiger partial charge in [-0.3, -0.25) is 4.55 Å². The van der Waals surface area contributed by atoms with E-state index in [4.69, 9.17) is 9.81 Å². The van der Waals surface area contributed by atoms with Crippen molar-refractivity contribution < 1.29 is 27.6 Å². The van der Waals surface area contributed by atoms with E-state index < -0.39 is 10.1 Å². The van der Waals surface area contributed by atoms with Crippen molar-refractivity contribution in [2.45, 2.75) is 15.1 Å². The van der Waals surface area contributed by atoms with E-state index in [2.05, 4.69) is 25.3 Å². The molecule has 1 aromatic rings. The number of hydrogen-bond donors (Lipinski definition) is 2. The summed E-state index contributed by atoms with van der Waals surface area (Å²) in [5.41, 5.74) is 0.414. The summed E-state index contributed by atoms with van der Waals surface area (Å²) in [7, 11) is -4.30. The molecule has 9 heteroatoms. The maximum atomic E-state index is 11.0. The molecule has 0 radical (unpaired) electrons. The monoisotopic (exact) mass is 330 g/mol. The second-order valence-corrected chi connectivity index (χ2v) is 5.33. The van der Waals surface area contributed by atoms with Gasteiger partial charge in [0.2, 0.25) is 0 Å². The molecule has 0 atom stereocenters. The van der Waals surface area contributed by atoms with Gasteiger partial charge in [0.1, 0.15) is 0 Å². The highest BCUT2D eigenvalue weighted by Gasteiger charge is 2.16. The zero-order valence-corrected chi connectivity index (χ0v) is 10.9. The molecule has 0 bridgehead atoms. The largest absolute Gasteiger partial charge is 0.294 e. The van der Waals surface area contributed by atoms with E-state index in [0.717, 1.165) is 0 Å². The van der Waals surface area contributed by atoms with Crippen LogP contribution >= 0.6 is 28.0 Å². The van der Waals surface area contributed by atoms with Crippen molar-refractivity contribution in [1.82, 2.24) is 0 Å². The van der Waals surface area contributed by atoms with Crippen molar-refractivity contribution >= 4 is 38.1 Å². The van der Waals surface area contributed by atoms with Crippen LogP contribution < -0.4 is 0 Å². The smallest absolute Gasteiger partial charge is 0.282 e. The minimum Gasteiger partial charge on any atom is -0.282 e. The van der Waals surface area contributed by atoms with Crippen LogP contribution in [-0.4, -0.2) is 18.2 Å². The van der Waals surface area contributed by atoms with Crippen LogP contribution in [0.15, 0.2) is 28.0 Å². The van der Waals surface area contributed by atoms with E-state index in [0.29, 0.717) is 22.5 Å². The first-order valence-electron chi connectivity index (χ1n) is 3.80. The molecule has 0 fully saturated rings. The number of rotatable bonds is 5. The predicted octanol–water partition coefficient (Wildman–Crippen LogP) is 2.26. The SMILES string of the molecule is O=S(=O)(O)c1cc(SOOO)ccc1CBr. The Morgan fingerprint density at radius 1 is 1.44 bits per heavy atom. The Bertz CT molecular complexity index is 460. The van der Waals surface area contributed by atoms with E-state index in [1.54, 1.807) is 6.07 Å². The second kappa shape index (κ2) is 5.96. The van der Waals surface area contributed by atoms with Crippen LogP contribution in [0.2, 0.25) is 0 Å². The lowest BCUT2D eigenvalue weighted by Crippen LogP contribution is -2.02. The highest BCUT2D eigenvalue weighted by atomic mass is 79.9. The van der Waals surface area contributed by atoms with Gasteiger partial charge in [0.05, 0.1) is 16.9 Å². The Hall–Kier alpha value is -0.160. The minimum atomic E-state index is -4.30. The third kappa shape index (κ3) is 3.70. The van der Waals surface area contributed by atoms with E-state index in [9.17, 15) is 8.42 Å². The molecule has 6 nitrogen and oxygen atoms in total. The fourth-order valence-electron chi connectivity index (χ4n) is 0.992. The third-order valence-corrected chi connectivity index (χ3v) is 3.74. The van der Waals surface area contributed by atoms with E-state index in [-0.39, 0.29) is 10.2 Å². The molecular weight excluding hydrogens is 324 g/mol. The van der Waals surface area contributed by atoms with Crippen LogP contribution in [0, 0.1) is 0 Å². The molecule has 0 spiro atoms. The lowest BCUT2D eigenvalue weighted by molar-refractivity contribution is -0.432. The molecule has 0 aliphatic heterocycles. The second-order valence-electron chi connectivity index (χ2n) is 2.60. The number of halogens is 1. The Labute approximate surface area is 105 Å². The highest BCUT2D eigenvalue weighted by molar-refractivity contribution is 9.08. The van der Waals surface area contributed by atoms with Gasteiger partial charge in [-0.1, -0.05) is 27.0 Å². The van der Waals surface area contributed by atoms with Crippen LogP contribution in [0.25, 0.3) is 0 Å². The van der Waals surface area contributed by atoms with Gasteiger partial charge in [-0.25, -0.2) is 5.26 Å². The predicted molar refractivity (Wildman–Crippen MR) is 59.5 cm³/mol. The normalized spacial score (nSPS) is 11.7. The van der Waals surface area contributed by atoms with Gasteiger partial charge in [0.25, 0.3) is 10.1 Å². The van der Waals surface area contributed by atoms with Crippen LogP contribution in [0.5, 0.6) is 0 Å². The zero-order chi connectivity index (χ0) is 12.2. The summed E-state index contributed by atoms with van der Waals surface area (Å²) in [5.74, 6) is 0. The molecule has 0 heterocycles. The molecule has 0 saturated heterocycles.